The number of ether oxygens (including phenoxy) is 1. The van der Waals surface area contributed by atoms with Crippen LogP contribution in [0.4, 0.5) is 0 Å². The lowest BCUT2D eigenvalue weighted by molar-refractivity contribution is 0.340. The first-order chi connectivity index (χ1) is 14.8. The minimum Gasteiger partial charge on any atom is -0.494 e. The second-order valence-electron chi connectivity index (χ2n) is 7.73. The molecule has 4 aromatic rings. The fraction of sp³-hybridized carbons (Fsp3) is 0.250. The molecule has 2 aromatic carbocycles. The van der Waals surface area contributed by atoms with Crippen LogP contribution in [0.5, 0.6) is 5.75 Å². The van der Waals surface area contributed by atoms with Crippen LogP contribution in [0.15, 0.2) is 65.7 Å². The summed E-state index contributed by atoms with van der Waals surface area (Å²) in [5.74, 6) is 0.825. The minimum absolute atomic E-state index is 0.154. The second kappa shape index (κ2) is 8.15. The number of pyridine rings is 1. The molecule has 0 N–H and O–H groups in total. The molecule has 0 atom stereocenters. The molecule has 160 valence electrons. The highest BCUT2D eigenvalue weighted by Crippen LogP contribution is 2.34. The van der Waals surface area contributed by atoms with Crippen molar-refractivity contribution in [3.63, 3.8) is 0 Å². The Hall–Kier alpha value is -3.19. The smallest absolute Gasteiger partial charge is 0.175 e. The van der Waals surface area contributed by atoms with E-state index in [0.29, 0.717) is 6.61 Å². The van der Waals surface area contributed by atoms with Crippen LogP contribution < -0.4 is 4.74 Å². The highest BCUT2D eigenvalue weighted by molar-refractivity contribution is 7.90. The van der Waals surface area contributed by atoms with E-state index in [9.17, 15) is 8.42 Å². The Kier molecular flexibility index (Phi) is 5.54. The molecule has 0 saturated carbocycles. The Morgan fingerprint density at radius 2 is 1.65 bits per heavy atom. The van der Waals surface area contributed by atoms with Crippen LogP contribution in [0.25, 0.3) is 33.4 Å². The number of sulfone groups is 1. The summed E-state index contributed by atoms with van der Waals surface area (Å²) in [6.45, 7) is 6.71. The summed E-state index contributed by atoms with van der Waals surface area (Å²) in [4.78, 5) is 5.17. The maximum Gasteiger partial charge on any atom is 0.175 e. The van der Waals surface area contributed by atoms with Gasteiger partial charge in [-0.2, -0.15) is 5.10 Å². The Morgan fingerprint density at radius 3 is 2.23 bits per heavy atom. The lowest BCUT2D eigenvalue weighted by atomic mass is 10.0. The summed E-state index contributed by atoms with van der Waals surface area (Å²) in [7, 11) is -3.25. The Morgan fingerprint density at radius 1 is 1.00 bits per heavy atom. The molecule has 2 heterocycles. The van der Waals surface area contributed by atoms with Gasteiger partial charge in [0.2, 0.25) is 0 Å². The van der Waals surface area contributed by atoms with Gasteiger partial charge in [-0.1, -0.05) is 24.3 Å². The predicted molar refractivity (Wildman–Crippen MR) is 123 cm³/mol. The van der Waals surface area contributed by atoms with Crippen molar-refractivity contribution in [2.24, 2.45) is 0 Å². The normalized spacial score (nSPS) is 11.9. The fourth-order valence-electron chi connectivity index (χ4n) is 3.55. The van der Waals surface area contributed by atoms with Gasteiger partial charge in [0.25, 0.3) is 0 Å². The van der Waals surface area contributed by atoms with Gasteiger partial charge in [-0.25, -0.2) is 18.1 Å². The van der Waals surface area contributed by atoms with Gasteiger partial charge < -0.3 is 4.74 Å². The zero-order valence-corrected chi connectivity index (χ0v) is 18.8. The second-order valence-corrected chi connectivity index (χ2v) is 9.74. The van der Waals surface area contributed by atoms with Crippen LogP contribution in [0.1, 0.15) is 26.8 Å². The Labute approximate surface area is 182 Å². The molecule has 0 radical (unpaired) electrons. The minimum atomic E-state index is -3.25. The molecule has 0 amide bonds. The van der Waals surface area contributed by atoms with Crippen LogP contribution >= 0.6 is 0 Å². The lowest BCUT2D eigenvalue weighted by Gasteiger charge is -2.12. The van der Waals surface area contributed by atoms with Crippen molar-refractivity contribution in [1.82, 2.24) is 14.8 Å². The first-order valence-electron chi connectivity index (χ1n) is 10.2. The molecular formula is C24H25N3O3S. The van der Waals surface area contributed by atoms with Crippen molar-refractivity contribution in [2.75, 3.05) is 12.9 Å². The van der Waals surface area contributed by atoms with E-state index in [1.165, 1.54) is 6.26 Å². The first kappa shape index (κ1) is 21.1. The molecule has 7 heteroatoms. The van der Waals surface area contributed by atoms with Gasteiger partial charge in [0.1, 0.15) is 5.75 Å². The number of rotatable bonds is 6. The third kappa shape index (κ3) is 4.18. The summed E-state index contributed by atoms with van der Waals surface area (Å²) in [5.41, 5.74) is 4.45. The van der Waals surface area contributed by atoms with E-state index in [4.69, 9.17) is 9.72 Å². The Bertz CT molecular complexity index is 1320. The van der Waals surface area contributed by atoms with Crippen molar-refractivity contribution in [2.45, 2.75) is 31.7 Å². The molecular weight excluding hydrogens is 410 g/mol. The molecule has 0 unspecified atom stereocenters. The van der Waals surface area contributed by atoms with E-state index in [0.717, 1.165) is 39.2 Å². The molecule has 31 heavy (non-hydrogen) atoms. The average Bonchev–Trinajstić information content (AvgIpc) is 3.18. The molecule has 0 fully saturated rings. The van der Waals surface area contributed by atoms with Crippen molar-refractivity contribution in [3.05, 3.63) is 60.8 Å². The number of nitrogens with zero attached hydrogens (tertiary/aromatic N) is 3. The van der Waals surface area contributed by atoms with E-state index >= 15 is 0 Å². The summed E-state index contributed by atoms with van der Waals surface area (Å²) in [6.07, 6.45) is 3.06. The molecule has 0 spiro atoms. The van der Waals surface area contributed by atoms with Gasteiger partial charge >= 0.3 is 0 Å². The Balaban J connectivity index is 1.89. The zero-order valence-electron chi connectivity index (χ0n) is 18.0. The molecule has 0 bridgehead atoms. The molecule has 6 nitrogen and oxygen atoms in total. The van der Waals surface area contributed by atoms with Crippen molar-refractivity contribution < 1.29 is 13.2 Å². The summed E-state index contributed by atoms with van der Waals surface area (Å²) in [5, 5.41) is 5.53. The average molecular weight is 436 g/mol. The van der Waals surface area contributed by atoms with Crippen molar-refractivity contribution in [3.8, 4) is 28.1 Å². The number of hydrogen-bond donors (Lipinski definition) is 0. The van der Waals surface area contributed by atoms with Crippen LogP contribution in [0.2, 0.25) is 0 Å². The third-order valence-electron chi connectivity index (χ3n) is 5.11. The van der Waals surface area contributed by atoms with Gasteiger partial charge in [0.15, 0.2) is 15.5 Å². The third-order valence-corrected chi connectivity index (χ3v) is 6.24. The van der Waals surface area contributed by atoms with Crippen molar-refractivity contribution in [1.29, 1.82) is 0 Å². The monoisotopic (exact) mass is 435 g/mol. The summed E-state index contributed by atoms with van der Waals surface area (Å²) in [6, 6.07) is 17.0. The largest absolute Gasteiger partial charge is 0.494 e. The highest BCUT2D eigenvalue weighted by Gasteiger charge is 2.16. The van der Waals surface area contributed by atoms with Gasteiger partial charge in [-0.15, -0.1) is 0 Å². The lowest BCUT2D eigenvalue weighted by Crippen LogP contribution is -2.04. The summed E-state index contributed by atoms with van der Waals surface area (Å²) >= 11 is 0. The van der Waals surface area contributed by atoms with E-state index in [1.807, 2.05) is 48.1 Å². The SMILES string of the molecule is CCOc1ccc(-c2cc(-c3ccc(S(C)(=O)=O)cc3)nc3c2cnn3C(C)C)cc1. The van der Waals surface area contributed by atoms with E-state index < -0.39 is 9.84 Å². The maximum atomic E-state index is 11.8. The standard InChI is InChI=1S/C24H25N3O3S/c1-5-30-19-10-6-17(7-11-19)21-14-23(18-8-12-20(13-9-18)31(4,28)29)26-24-22(21)15-25-27(24)16(2)3/h6-16H,5H2,1-4H3. The molecule has 2 aromatic heterocycles. The zero-order chi connectivity index (χ0) is 22.2. The number of aromatic nitrogens is 3. The molecule has 4 rings (SSSR count). The number of hydrogen-bond acceptors (Lipinski definition) is 5. The summed E-state index contributed by atoms with van der Waals surface area (Å²) < 4.78 is 31.1. The van der Waals surface area contributed by atoms with Gasteiger partial charge in [0, 0.05) is 23.2 Å². The van der Waals surface area contributed by atoms with Gasteiger partial charge in [0.05, 0.1) is 23.4 Å². The first-order valence-corrected chi connectivity index (χ1v) is 12.1. The predicted octanol–water partition coefficient (Wildman–Crippen LogP) is 5.15. The van der Waals surface area contributed by atoms with Crippen LogP contribution in [0, 0.1) is 0 Å². The molecule has 0 aliphatic carbocycles. The molecule has 0 saturated heterocycles. The van der Waals surface area contributed by atoms with Crippen LogP contribution in [-0.2, 0) is 9.84 Å². The number of benzene rings is 2. The van der Waals surface area contributed by atoms with Gasteiger partial charge in [-0.3, -0.25) is 0 Å². The fourth-order valence-corrected chi connectivity index (χ4v) is 4.18. The van der Waals surface area contributed by atoms with Gasteiger partial charge in [-0.05, 0) is 62.2 Å². The van der Waals surface area contributed by atoms with E-state index in [2.05, 4.69) is 18.9 Å². The number of fused-ring (bicyclic) bond motifs is 1. The molecule has 0 aliphatic heterocycles. The van der Waals surface area contributed by atoms with E-state index in [1.54, 1.807) is 24.3 Å². The highest BCUT2D eigenvalue weighted by atomic mass is 32.2. The van der Waals surface area contributed by atoms with Crippen LogP contribution in [-0.4, -0.2) is 36.0 Å². The maximum absolute atomic E-state index is 11.8. The van der Waals surface area contributed by atoms with Crippen LogP contribution in [0.3, 0.4) is 0 Å². The topological polar surface area (TPSA) is 74.1 Å². The molecule has 0 aliphatic rings. The van der Waals surface area contributed by atoms with E-state index in [-0.39, 0.29) is 10.9 Å². The van der Waals surface area contributed by atoms with Crippen molar-refractivity contribution >= 4 is 20.9 Å². The quantitative estimate of drug-likeness (QED) is 0.419.